The van der Waals surface area contributed by atoms with E-state index in [0.717, 1.165) is 17.9 Å². The maximum atomic E-state index is 5.49. The average molecular weight is 249 g/mol. The molecule has 1 aromatic carbocycles. The van der Waals surface area contributed by atoms with E-state index in [1.165, 1.54) is 0 Å². The highest BCUT2D eigenvalue weighted by Gasteiger charge is 2.05. The highest BCUT2D eigenvalue weighted by Crippen LogP contribution is 2.17. The molecule has 0 aliphatic rings. The summed E-state index contributed by atoms with van der Waals surface area (Å²) in [7, 11) is 0. The van der Waals surface area contributed by atoms with Gasteiger partial charge in [0, 0.05) is 11.4 Å². The van der Waals surface area contributed by atoms with Crippen molar-refractivity contribution in [2.24, 2.45) is 0 Å². The predicted molar refractivity (Wildman–Crippen MR) is 69.1 cm³/mol. The molecule has 0 unspecified atom stereocenters. The minimum Gasteiger partial charge on any atom is -0.414 e. The smallest absolute Gasteiger partial charge is 0.276 e. The van der Waals surface area contributed by atoms with Gasteiger partial charge in [-0.2, -0.15) is 0 Å². The molecule has 1 N–H and O–H groups in total. The number of para-hydroxylation sites is 1. The number of nitrogens with zero attached hydrogens (tertiary/aromatic N) is 2. The molecule has 2 rings (SSSR count). The van der Waals surface area contributed by atoms with Crippen molar-refractivity contribution in [3.8, 4) is 0 Å². The predicted octanol–water partition coefficient (Wildman–Crippen LogP) is 3.18. The van der Waals surface area contributed by atoms with Crippen LogP contribution in [0.3, 0.4) is 0 Å². The van der Waals surface area contributed by atoms with Crippen LogP contribution < -0.4 is 5.32 Å². The van der Waals surface area contributed by atoms with E-state index in [1.54, 1.807) is 11.8 Å². The molecular formula is C12H15N3OS. The number of rotatable bonds is 6. The van der Waals surface area contributed by atoms with Crippen LogP contribution in [0.5, 0.6) is 0 Å². The summed E-state index contributed by atoms with van der Waals surface area (Å²) in [6.45, 7) is 2.69. The van der Waals surface area contributed by atoms with Crippen LogP contribution in [-0.2, 0) is 6.54 Å². The molecule has 0 saturated heterocycles. The molecule has 0 radical (unpaired) electrons. The Kier molecular flexibility index (Phi) is 4.44. The minimum absolute atomic E-state index is 0.559. The van der Waals surface area contributed by atoms with Gasteiger partial charge in [0.1, 0.15) is 0 Å². The summed E-state index contributed by atoms with van der Waals surface area (Å²) in [6.07, 6.45) is 1.10. The third kappa shape index (κ3) is 3.78. The number of hydrogen-bond donors (Lipinski definition) is 1. The van der Waals surface area contributed by atoms with Gasteiger partial charge in [0.15, 0.2) is 0 Å². The largest absolute Gasteiger partial charge is 0.414 e. The van der Waals surface area contributed by atoms with Crippen molar-refractivity contribution in [1.29, 1.82) is 0 Å². The van der Waals surface area contributed by atoms with Crippen LogP contribution in [0.1, 0.15) is 19.2 Å². The third-order valence-corrected chi connectivity index (χ3v) is 3.12. The highest BCUT2D eigenvalue weighted by molar-refractivity contribution is 7.99. The lowest BCUT2D eigenvalue weighted by atomic mass is 10.3. The first-order chi connectivity index (χ1) is 8.38. The van der Waals surface area contributed by atoms with Crippen molar-refractivity contribution in [2.75, 3.05) is 11.1 Å². The van der Waals surface area contributed by atoms with Gasteiger partial charge in [-0.1, -0.05) is 36.9 Å². The summed E-state index contributed by atoms with van der Waals surface area (Å²) in [5.74, 6) is 1.63. The van der Waals surface area contributed by atoms with E-state index >= 15 is 0 Å². The van der Waals surface area contributed by atoms with Crippen LogP contribution >= 0.6 is 11.8 Å². The van der Waals surface area contributed by atoms with Crippen molar-refractivity contribution in [3.05, 3.63) is 36.2 Å². The first-order valence-corrected chi connectivity index (χ1v) is 6.61. The number of anilines is 1. The molecule has 0 atom stereocenters. The summed E-state index contributed by atoms with van der Waals surface area (Å²) in [5.41, 5.74) is 1.05. The molecule has 4 nitrogen and oxygen atoms in total. The number of nitrogens with one attached hydrogen (secondary N) is 1. The van der Waals surface area contributed by atoms with Crippen LogP contribution in [0.15, 0.2) is 40.0 Å². The fraction of sp³-hybridized carbons (Fsp3) is 0.333. The standard InChI is InChI=1S/C12H15N3OS/c1-2-8-17-12-15-14-11(16-12)9-13-10-6-4-3-5-7-10/h3-7,13H,2,8-9H2,1H3. The second-order valence-electron chi connectivity index (χ2n) is 3.53. The normalized spacial score (nSPS) is 10.4. The Balaban J connectivity index is 1.85. The van der Waals surface area contributed by atoms with E-state index in [9.17, 15) is 0 Å². The van der Waals surface area contributed by atoms with Gasteiger partial charge in [-0.3, -0.25) is 0 Å². The Bertz CT molecular complexity index is 444. The lowest BCUT2D eigenvalue weighted by Gasteiger charge is -2.01. The Morgan fingerprint density at radius 2 is 2.06 bits per heavy atom. The third-order valence-electron chi connectivity index (χ3n) is 2.10. The second kappa shape index (κ2) is 6.30. The molecule has 0 saturated carbocycles. The number of thioether (sulfide) groups is 1. The van der Waals surface area contributed by atoms with Crippen LogP contribution in [0.2, 0.25) is 0 Å². The number of aromatic nitrogens is 2. The van der Waals surface area contributed by atoms with Crippen molar-refractivity contribution in [3.63, 3.8) is 0 Å². The van der Waals surface area contributed by atoms with E-state index < -0.39 is 0 Å². The van der Waals surface area contributed by atoms with Crippen molar-refractivity contribution in [1.82, 2.24) is 10.2 Å². The highest BCUT2D eigenvalue weighted by atomic mass is 32.2. The van der Waals surface area contributed by atoms with E-state index in [1.807, 2.05) is 30.3 Å². The topological polar surface area (TPSA) is 51.0 Å². The molecule has 0 aliphatic heterocycles. The van der Waals surface area contributed by atoms with Crippen molar-refractivity contribution >= 4 is 17.4 Å². The first-order valence-electron chi connectivity index (χ1n) is 5.62. The number of hydrogen-bond acceptors (Lipinski definition) is 5. The van der Waals surface area contributed by atoms with Crippen molar-refractivity contribution in [2.45, 2.75) is 25.1 Å². The minimum atomic E-state index is 0.559. The van der Waals surface area contributed by atoms with Gasteiger partial charge in [0.25, 0.3) is 5.22 Å². The van der Waals surface area contributed by atoms with Gasteiger partial charge in [-0.05, 0) is 18.6 Å². The molecule has 2 aromatic rings. The SMILES string of the molecule is CCCSc1nnc(CNc2ccccc2)o1. The Labute approximate surface area is 105 Å². The molecule has 17 heavy (non-hydrogen) atoms. The molecule has 0 aliphatic carbocycles. The zero-order valence-corrected chi connectivity index (χ0v) is 10.5. The number of benzene rings is 1. The van der Waals surface area contributed by atoms with Crippen LogP contribution in [-0.4, -0.2) is 16.0 Å². The zero-order valence-electron chi connectivity index (χ0n) is 9.72. The molecule has 0 fully saturated rings. The van der Waals surface area contributed by atoms with Gasteiger partial charge in [-0.25, -0.2) is 0 Å². The van der Waals surface area contributed by atoms with Crippen LogP contribution in [0, 0.1) is 0 Å². The molecule has 90 valence electrons. The van der Waals surface area contributed by atoms with E-state index in [-0.39, 0.29) is 0 Å². The first kappa shape index (κ1) is 12.0. The molecule has 1 aromatic heterocycles. The molecule has 0 spiro atoms. The van der Waals surface area contributed by atoms with Gasteiger partial charge in [-0.15, -0.1) is 10.2 Å². The molecule has 0 bridgehead atoms. The van der Waals surface area contributed by atoms with E-state index in [0.29, 0.717) is 17.7 Å². The molecular weight excluding hydrogens is 234 g/mol. The maximum absolute atomic E-state index is 5.49. The quantitative estimate of drug-likeness (QED) is 0.797. The zero-order chi connectivity index (χ0) is 11.9. The molecule has 1 heterocycles. The van der Waals surface area contributed by atoms with Gasteiger partial charge in [0.05, 0.1) is 6.54 Å². The lowest BCUT2D eigenvalue weighted by molar-refractivity contribution is 0.418. The average Bonchev–Trinajstić information content (AvgIpc) is 2.83. The van der Waals surface area contributed by atoms with E-state index in [4.69, 9.17) is 4.42 Å². The monoisotopic (exact) mass is 249 g/mol. The fourth-order valence-corrected chi connectivity index (χ4v) is 1.92. The summed E-state index contributed by atoms with van der Waals surface area (Å²) >= 11 is 1.59. The van der Waals surface area contributed by atoms with Crippen LogP contribution in [0.25, 0.3) is 0 Å². The fourth-order valence-electron chi connectivity index (χ4n) is 1.29. The van der Waals surface area contributed by atoms with Gasteiger partial charge in [0.2, 0.25) is 5.89 Å². The summed E-state index contributed by atoms with van der Waals surface area (Å²) in [5, 5.41) is 11.8. The Morgan fingerprint density at radius 3 is 2.82 bits per heavy atom. The lowest BCUT2D eigenvalue weighted by Crippen LogP contribution is -1.99. The van der Waals surface area contributed by atoms with Gasteiger partial charge >= 0.3 is 0 Å². The summed E-state index contributed by atoms with van der Waals surface area (Å²) in [4.78, 5) is 0. The second-order valence-corrected chi connectivity index (χ2v) is 4.58. The Morgan fingerprint density at radius 1 is 1.24 bits per heavy atom. The molecule has 5 heteroatoms. The van der Waals surface area contributed by atoms with Gasteiger partial charge < -0.3 is 9.73 Å². The van der Waals surface area contributed by atoms with E-state index in [2.05, 4.69) is 22.4 Å². The summed E-state index contributed by atoms with van der Waals surface area (Å²) in [6, 6.07) is 9.96. The summed E-state index contributed by atoms with van der Waals surface area (Å²) < 4.78 is 5.49. The van der Waals surface area contributed by atoms with Crippen LogP contribution in [0.4, 0.5) is 5.69 Å². The molecule has 0 amide bonds. The Hall–Kier alpha value is -1.49. The van der Waals surface area contributed by atoms with Crippen molar-refractivity contribution < 1.29 is 4.42 Å². The maximum Gasteiger partial charge on any atom is 0.276 e.